The summed E-state index contributed by atoms with van der Waals surface area (Å²) >= 11 is 0. The van der Waals surface area contributed by atoms with Gasteiger partial charge in [-0.1, -0.05) is 0 Å². The highest BCUT2D eigenvalue weighted by Gasteiger charge is 2.02. The lowest BCUT2D eigenvalue weighted by Gasteiger charge is -2.06. The highest BCUT2D eigenvalue weighted by Crippen LogP contribution is 2.08. The van der Waals surface area contributed by atoms with Gasteiger partial charge in [0.25, 0.3) is 0 Å². The zero-order chi connectivity index (χ0) is 11.2. The molecule has 2 aromatic heterocycles. The lowest BCUT2D eigenvalue weighted by molar-refractivity contribution is 0.151. The molecule has 0 aliphatic carbocycles. The van der Waals surface area contributed by atoms with Crippen LogP contribution in [0.3, 0.4) is 0 Å². The van der Waals surface area contributed by atoms with Gasteiger partial charge in [0.15, 0.2) is 5.82 Å². The van der Waals surface area contributed by atoms with E-state index in [-0.39, 0.29) is 0 Å². The molecule has 0 saturated heterocycles. The van der Waals surface area contributed by atoms with Crippen molar-refractivity contribution in [2.24, 2.45) is 5.73 Å². The minimum Gasteiger partial charge on any atom is -0.378 e. The Morgan fingerprint density at radius 3 is 3.25 bits per heavy atom. The van der Waals surface area contributed by atoms with Crippen LogP contribution in [0.5, 0.6) is 0 Å². The number of fused-ring (bicyclic) bond motifs is 1. The zero-order valence-corrected chi connectivity index (χ0v) is 8.83. The van der Waals surface area contributed by atoms with Crippen LogP contribution in [0.2, 0.25) is 0 Å². The summed E-state index contributed by atoms with van der Waals surface area (Å²) in [7, 11) is 0. The van der Waals surface area contributed by atoms with Gasteiger partial charge in [-0.2, -0.15) is 0 Å². The van der Waals surface area contributed by atoms with Gasteiger partial charge in [0.2, 0.25) is 5.65 Å². The van der Waals surface area contributed by atoms with E-state index in [1.807, 2.05) is 0 Å². The molecule has 3 N–H and O–H groups in total. The third-order valence-corrected chi connectivity index (χ3v) is 2.02. The van der Waals surface area contributed by atoms with Crippen molar-refractivity contribution in [3.63, 3.8) is 0 Å². The summed E-state index contributed by atoms with van der Waals surface area (Å²) in [6, 6.07) is 0. The van der Waals surface area contributed by atoms with Gasteiger partial charge in [-0.25, -0.2) is 4.98 Å². The van der Waals surface area contributed by atoms with Gasteiger partial charge in [-0.15, -0.1) is 10.2 Å². The summed E-state index contributed by atoms with van der Waals surface area (Å²) in [6.07, 6.45) is 5.12. The summed E-state index contributed by atoms with van der Waals surface area (Å²) in [5.74, 6) is 0.705. The van der Waals surface area contributed by atoms with Crippen LogP contribution in [0.15, 0.2) is 18.7 Å². The molecule has 2 heterocycles. The highest BCUT2D eigenvalue weighted by atomic mass is 16.5. The van der Waals surface area contributed by atoms with Crippen molar-refractivity contribution in [1.82, 2.24) is 19.6 Å². The predicted molar refractivity (Wildman–Crippen MR) is 59.1 cm³/mol. The Morgan fingerprint density at radius 2 is 2.38 bits per heavy atom. The Morgan fingerprint density at radius 1 is 1.44 bits per heavy atom. The lowest BCUT2D eigenvalue weighted by atomic mass is 10.5. The molecular weight excluding hydrogens is 208 g/mol. The van der Waals surface area contributed by atoms with Crippen molar-refractivity contribution in [2.75, 3.05) is 31.6 Å². The van der Waals surface area contributed by atoms with E-state index in [0.717, 1.165) is 0 Å². The van der Waals surface area contributed by atoms with Crippen molar-refractivity contribution in [2.45, 2.75) is 0 Å². The molecule has 0 unspecified atom stereocenters. The molecule has 2 aromatic rings. The number of aromatic nitrogens is 4. The third-order valence-electron chi connectivity index (χ3n) is 2.02. The van der Waals surface area contributed by atoms with E-state index >= 15 is 0 Å². The van der Waals surface area contributed by atoms with E-state index in [2.05, 4.69) is 20.5 Å². The first-order valence-corrected chi connectivity index (χ1v) is 5.08. The fourth-order valence-corrected chi connectivity index (χ4v) is 1.31. The molecule has 2 rings (SSSR count). The molecule has 0 aliphatic heterocycles. The average molecular weight is 222 g/mol. The van der Waals surface area contributed by atoms with Crippen molar-refractivity contribution >= 4 is 11.5 Å². The normalized spacial score (nSPS) is 10.8. The van der Waals surface area contributed by atoms with Crippen LogP contribution in [0.1, 0.15) is 0 Å². The molecule has 0 amide bonds. The number of anilines is 1. The van der Waals surface area contributed by atoms with Crippen LogP contribution in [0.25, 0.3) is 5.65 Å². The lowest BCUT2D eigenvalue weighted by Crippen LogP contribution is -2.15. The SMILES string of the molecule is NCCOCCNc1nccn2cnnc12. The molecule has 0 fully saturated rings. The molecule has 7 heteroatoms. The molecule has 0 atom stereocenters. The molecule has 0 spiro atoms. The first kappa shape index (κ1) is 10.8. The number of hydrogen-bond donors (Lipinski definition) is 2. The van der Waals surface area contributed by atoms with Gasteiger partial charge in [0, 0.05) is 25.5 Å². The molecule has 0 bridgehead atoms. The van der Waals surface area contributed by atoms with E-state index in [9.17, 15) is 0 Å². The van der Waals surface area contributed by atoms with Gasteiger partial charge < -0.3 is 15.8 Å². The number of nitrogens with zero attached hydrogens (tertiary/aromatic N) is 4. The van der Waals surface area contributed by atoms with Crippen LogP contribution < -0.4 is 11.1 Å². The maximum absolute atomic E-state index is 5.30. The van der Waals surface area contributed by atoms with Crippen molar-refractivity contribution in [1.29, 1.82) is 0 Å². The Hall–Kier alpha value is -1.73. The molecule has 0 aliphatic rings. The summed E-state index contributed by atoms with van der Waals surface area (Å²) < 4.78 is 7.04. The van der Waals surface area contributed by atoms with E-state index in [0.29, 0.717) is 37.8 Å². The summed E-state index contributed by atoms with van der Waals surface area (Å²) in [5.41, 5.74) is 6.01. The Bertz CT molecular complexity index is 442. The van der Waals surface area contributed by atoms with Crippen molar-refractivity contribution in [3.8, 4) is 0 Å². The second-order valence-electron chi connectivity index (χ2n) is 3.17. The maximum Gasteiger partial charge on any atom is 0.203 e. The molecular formula is C9H14N6O. The second-order valence-corrected chi connectivity index (χ2v) is 3.17. The van der Waals surface area contributed by atoms with Crippen LogP contribution in [-0.4, -0.2) is 45.9 Å². The summed E-state index contributed by atoms with van der Waals surface area (Å²) in [5, 5.41) is 10.9. The number of hydrogen-bond acceptors (Lipinski definition) is 6. The largest absolute Gasteiger partial charge is 0.378 e. The van der Waals surface area contributed by atoms with Crippen LogP contribution in [-0.2, 0) is 4.74 Å². The smallest absolute Gasteiger partial charge is 0.203 e. The fourth-order valence-electron chi connectivity index (χ4n) is 1.31. The standard InChI is InChI=1S/C9H14N6O/c10-1-5-16-6-3-12-8-9-14-13-7-15(9)4-2-11-8/h2,4,7H,1,3,5-6,10H2,(H,11,12). The Labute approximate surface area is 92.6 Å². The molecule has 86 valence electrons. The van der Waals surface area contributed by atoms with E-state index in [1.54, 1.807) is 23.1 Å². The predicted octanol–water partition coefficient (Wildman–Crippen LogP) is -0.488. The first-order chi connectivity index (χ1) is 7.92. The maximum atomic E-state index is 5.30. The Kier molecular flexibility index (Phi) is 3.62. The van der Waals surface area contributed by atoms with Crippen LogP contribution in [0, 0.1) is 0 Å². The molecule has 0 saturated carbocycles. The second kappa shape index (κ2) is 5.38. The zero-order valence-electron chi connectivity index (χ0n) is 8.83. The Balaban J connectivity index is 1.91. The van der Waals surface area contributed by atoms with Gasteiger partial charge in [-0.3, -0.25) is 4.40 Å². The number of nitrogens with one attached hydrogen (secondary N) is 1. The van der Waals surface area contributed by atoms with Crippen LogP contribution in [0.4, 0.5) is 5.82 Å². The van der Waals surface area contributed by atoms with Crippen LogP contribution >= 0.6 is 0 Å². The highest BCUT2D eigenvalue weighted by molar-refractivity contribution is 5.61. The minimum absolute atomic E-state index is 0.540. The van der Waals surface area contributed by atoms with Gasteiger partial charge in [0.1, 0.15) is 6.33 Å². The number of rotatable bonds is 6. The van der Waals surface area contributed by atoms with Crippen molar-refractivity contribution < 1.29 is 4.74 Å². The summed E-state index contributed by atoms with van der Waals surface area (Å²) in [4.78, 5) is 4.18. The third kappa shape index (κ3) is 2.44. The van der Waals surface area contributed by atoms with Crippen molar-refractivity contribution in [3.05, 3.63) is 18.7 Å². The first-order valence-electron chi connectivity index (χ1n) is 5.08. The molecule has 16 heavy (non-hydrogen) atoms. The monoisotopic (exact) mass is 222 g/mol. The number of ether oxygens (including phenoxy) is 1. The van der Waals surface area contributed by atoms with E-state index in [1.165, 1.54) is 0 Å². The van der Waals surface area contributed by atoms with Gasteiger partial charge in [0.05, 0.1) is 13.2 Å². The molecule has 0 radical (unpaired) electrons. The van der Waals surface area contributed by atoms with Gasteiger partial charge in [-0.05, 0) is 0 Å². The molecule has 0 aromatic carbocycles. The minimum atomic E-state index is 0.540. The molecule has 7 nitrogen and oxygen atoms in total. The van der Waals surface area contributed by atoms with E-state index < -0.39 is 0 Å². The fraction of sp³-hybridized carbons (Fsp3) is 0.444. The number of nitrogens with two attached hydrogens (primary N) is 1. The summed E-state index contributed by atoms with van der Waals surface area (Å²) in [6.45, 7) is 2.37. The van der Waals surface area contributed by atoms with E-state index in [4.69, 9.17) is 10.5 Å². The van der Waals surface area contributed by atoms with Gasteiger partial charge >= 0.3 is 0 Å². The topological polar surface area (TPSA) is 90.4 Å². The quantitative estimate of drug-likeness (QED) is 0.641. The average Bonchev–Trinajstić information content (AvgIpc) is 2.77.